The molecule has 0 bridgehead atoms. The maximum Gasteiger partial charge on any atom is 0.408 e. The number of aromatic nitrogens is 2. The summed E-state index contributed by atoms with van der Waals surface area (Å²) in [4.78, 5) is 22.6. The third kappa shape index (κ3) is 4.94. The lowest BCUT2D eigenvalue weighted by molar-refractivity contribution is -0.139. The molecule has 1 unspecified atom stereocenters. The van der Waals surface area contributed by atoms with Gasteiger partial charge in [0.2, 0.25) is 0 Å². The van der Waals surface area contributed by atoms with Crippen LogP contribution in [0.3, 0.4) is 0 Å². The number of nitrogens with one attached hydrogen (secondary N) is 1. The minimum Gasteiger partial charge on any atom is -0.480 e. The molecule has 0 aromatic carbocycles. The molecular weight excluding hydrogens is 254 g/mol. The van der Waals surface area contributed by atoms with Gasteiger partial charge in [0, 0.05) is 6.42 Å². The van der Waals surface area contributed by atoms with E-state index in [1.807, 2.05) is 0 Å². The Kier molecular flexibility index (Phi) is 4.47. The van der Waals surface area contributed by atoms with Crippen LogP contribution in [0, 0.1) is 6.92 Å². The molecule has 0 spiro atoms. The molecule has 0 aliphatic heterocycles. The normalized spacial score (nSPS) is 12.8. The van der Waals surface area contributed by atoms with Crippen molar-refractivity contribution in [3.05, 3.63) is 11.4 Å². The van der Waals surface area contributed by atoms with E-state index < -0.39 is 23.7 Å². The fourth-order valence-electron chi connectivity index (χ4n) is 1.28. The molecule has 106 valence electrons. The first-order valence-electron chi connectivity index (χ1n) is 5.69. The molecule has 8 nitrogen and oxygen atoms in total. The Morgan fingerprint density at radius 1 is 1.42 bits per heavy atom. The largest absolute Gasteiger partial charge is 0.480 e. The predicted molar refractivity (Wildman–Crippen MR) is 63.5 cm³/mol. The highest BCUT2D eigenvalue weighted by molar-refractivity contribution is 5.80. The smallest absolute Gasteiger partial charge is 0.408 e. The van der Waals surface area contributed by atoms with Crippen molar-refractivity contribution < 1.29 is 24.1 Å². The number of carbonyl (C=O) groups excluding carboxylic acids is 1. The lowest BCUT2D eigenvalue weighted by Gasteiger charge is -2.21. The topological polar surface area (TPSA) is 115 Å². The molecule has 0 saturated carbocycles. The van der Waals surface area contributed by atoms with Gasteiger partial charge in [-0.3, -0.25) is 0 Å². The van der Waals surface area contributed by atoms with E-state index in [0.29, 0.717) is 11.4 Å². The van der Waals surface area contributed by atoms with Crippen LogP contribution in [0.2, 0.25) is 0 Å². The first kappa shape index (κ1) is 14.9. The number of ether oxygens (including phenoxy) is 1. The maximum absolute atomic E-state index is 11.5. The van der Waals surface area contributed by atoms with Crippen LogP contribution >= 0.6 is 0 Å². The van der Waals surface area contributed by atoms with Crippen molar-refractivity contribution in [3.8, 4) is 0 Å². The van der Waals surface area contributed by atoms with Crippen LogP contribution in [0.1, 0.15) is 32.2 Å². The number of aliphatic carboxylic acids is 1. The molecular formula is C11H17N3O5. The minimum atomic E-state index is -1.19. The van der Waals surface area contributed by atoms with Gasteiger partial charge in [-0.15, -0.1) is 0 Å². The van der Waals surface area contributed by atoms with Crippen LogP contribution in [0.4, 0.5) is 4.79 Å². The zero-order valence-corrected chi connectivity index (χ0v) is 11.3. The molecule has 8 heteroatoms. The molecule has 1 amide bonds. The van der Waals surface area contributed by atoms with Crippen molar-refractivity contribution in [2.45, 2.75) is 45.8 Å². The molecule has 0 aliphatic rings. The molecule has 1 atom stereocenters. The number of rotatable bonds is 4. The SMILES string of the molecule is Cc1nonc1CC(NC(=O)OC(C)(C)C)C(=O)O. The zero-order valence-electron chi connectivity index (χ0n) is 11.3. The summed E-state index contributed by atoms with van der Waals surface area (Å²) in [5.74, 6) is -1.19. The number of alkyl carbamates (subject to hydrolysis) is 1. The highest BCUT2D eigenvalue weighted by atomic mass is 16.6. The molecule has 19 heavy (non-hydrogen) atoms. The molecule has 1 aromatic heterocycles. The minimum absolute atomic E-state index is 0.0239. The lowest BCUT2D eigenvalue weighted by Crippen LogP contribution is -2.44. The number of carboxylic acids is 1. The summed E-state index contributed by atoms with van der Waals surface area (Å²) in [6.45, 7) is 6.70. The Hall–Kier alpha value is -2.12. The van der Waals surface area contributed by atoms with Gasteiger partial charge in [0.1, 0.15) is 23.0 Å². The van der Waals surface area contributed by atoms with E-state index in [9.17, 15) is 9.59 Å². The number of carboxylic acid groups (broad SMARTS) is 1. The summed E-state index contributed by atoms with van der Waals surface area (Å²) >= 11 is 0. The molecule has 1 rings (SSSR count). The Labute approximate surface area is 110 Å². The predicted octanol–water partition coefficient (Wildman–Crippen LogP) is 0.898. The average Bonchev–Trinajstić information content (AvgIpc) is 2.60. The standard InChI is InChI=1S/C11H17N3O5/c1-6-7(14-19-13-6)5-8(9(15)16)12-10(17)18-11(2,3)4/h8H,5H2,1-4H3,(H,12,17)(H,15,16). The van der Waals surface area contributed by atoms with Crippen molar-refractivity contribution >= 4 is 12.1 Å². The van der Waals surface area contributed by atoms with Crippen LogP contribution < -0.4 is 5.32 Å². The van der Waals surface area contributed by atoms with Gasteiger partial charge in [0.05, 0.1) is 0 Å². The molecule has 0 saturated heterocycles. The summed E-state index contributed by atoms with van der Waals surface area (Å²) in [5, 5.41) is 18.5. The third-order valence-corrected chi connectivity index (χ3v) is 2.13. The second-order valence-electron chi connectivity index (χ2n) is 5.04. The van der Waals surface area contributed by atoms with Gasteiger partial charge in [0.15, 0.2) is 0 Å². The van der Waals surface area contributed by atoms with Gasteiger partial charge in [0.25, 0.3) is 0 Å². The van der Waals surface area contributed by atoms with Gasteiger partial charge < -0.3 is 15.2 Å². The van der Waals surface area contributed by atoms with Gasteiger partial charge in [-0.25, -0.2) is 14.2 Å². The molecule has 1 aromatic rings. The quantitative estimate of drug-likeness (QED) is 0.835. The van der Waals surface area contributed by atoms with Crippen molar-refractivity contribution in [1.29, 1.82) is 0 Å². The number of hydrogen-bond donors (Lipinski definition) is 2. The van der Waals surface area contributed by atoms with E-state index in [1.165, 1.54) is 0 Å². The highest BCUT2D eigenvalue weighted by Gasteiger charge is 2.26. The first-order valence-corrected chi connectivity index (χ1v) is 5.69. The second-order valence-corrected chi connectivity index (χ2v) is 5.04. The van der Waals surface area contributed by atoms with Crippen LogP contribution in [-0.2, 0) is 16.0 Å². The molecule has 0 aliphatic carbocycles. The summed E-state index contributed by atoms with van der Waals surface area (Å²) in [6, 6.07) is -1.15. The number of hydrogen-bond acceptors (Lipinski definition) is 6. The van der Waals surface area contributed by atoms with Crippen LogP contribution in [0.15, 0.2) is 4.63 Å². The first-order chi connectivity index (χ1) is 8.69. The Morgan fingerprint density at radius 3 is 2.47 bits per heavy atom. The Balaban J connectivity index is 2.67. The van der Waals surface area contributed by atoms with Gasteiger partial charge in [-0.1, -0.05) is 10.3 Å². The molecule has 2 N–H and O–H groups in total. The fourth-order valence-corrected chi connectivity index (χ4v) is 1.28. The Bertz CT molecular complexity index is 463. The van der Waals surface area contributed by atoms with E-state index in [-0.39, 0.29) is 6.42 Å². The third-order valence-electron chi connectivity index (χ3n) is 2.13. The zero-order chi connectivity index (χ0) is 14.6. The van der Waals surface area contributed by atoms with E-state index >= 15 is 0 Å². The van der Waals surface area contributed by atoms with Crippen LogP contribution in [0.5, 0.6) is 0 Å². The summed E-state index contributed by atoms with van der Waals surface area (Å²) in [6.07, 6.45) is -0.821. The highest BCUT2D eigenvalue weighted by Crippen LogP contribution is 2.09. The maximum atomic E-state index is 11.5. The van der Waals surface area contributed by atoms with E-state index in [0.717, 1.165) is 0 Å². The molecule has 1 heterocycles. The summed E-state index contributed by atoms with van der Waals surface area (Å²) in [7, 11) is 0. The Morgan fingerprint density at radius 2 is 2.05 bits per heavy atom. The van der Waals surface area contributed by atoms with E-state index in [2.05, 4.69) is 20.3 Å². The average molecular weight is 271 g/mol. The lowest BCUT2D eigenvalue weighted by atomic mass is 10.1. The number of carbonyl (C=O) groups is 2. The number of aryl methyl sites for hydroxylation is 1. The van der Waals surface area contributed by atoms with Crippen molar-refractivity contribution in [2.24, 2.45) is 0 Å². The summed E-state index contributed by atoms with van der Waals surface area (Å²) < 4.78 is 9.47. The number of amides is 1. The van der Waals surface area contributed by atoms with Gasteiger partial charge in [-0.05, 0) is 27.7 Å². The van der Waals surface area contributed by atoms with E-state index in [1.54, 1.807) is 27.7 Å². The fraction of sp³-hybridized carbons (Fsp3) is 0.636. The van der Waals surface area contributed by atoms with Crippen molar-refractivity contribution in [3.63, 3.8) is 0 Å². The monoisotopic (exact) mass is 271 g/mol. The van der Waals surface area contributed by atoms with Gasteiger partial charge >= 0.3 is 12.1 Å². The number of nitrogens with zero attached hydrogens (tertiary/aromatic N) is 2. The van der Waals surface area contributed by atoms with Crippen LogP contribution in [-0.4, -0.2) is 39.1 Å². The van der Waals surface area contributed by atoms with Gasteiger partial charge in [-0.2, -0.15) is 0 Å². The van der Waals surface area contributed by atoms with E-state index in [4.69, 9.17) is 9.84 Å². The van der Waals surface area contributed by atoms with Crippen LogP contribution in [0.25, 0.3) is 0 Å². The van der Waals surface area contributed by atoms with Crippen molar-refractivity contribution in [1.82, 2.24) is 15.6 Å². The summed E-state index contributed by atoms with van der Waals surface area (Å²) in [5.41, 5.74) is 0.166. The van der Waals surface area contributed by atoms with Crippen molar-refractivity contribution in [2.75, 3.05) is 0 Å². The second kappa shape index (κ2) is 5.68. The molecule has 0 fully saturated rings. The molecule has 0 radical (unpaired) electrons.